The van der Waals surface area contributed by atoms with E-state index in [0.717, 1.165) is 44.0 Å². The van der Waals surface area contributed by atoms with E-state index in [9.17, 15) is 0 Å². The molecule has 0 amide bonds. The highest BCUT2D eigenvalue weighted by molar-refractivity contribution is 8.14. The number of rotatable bonds is 2. The fourth-order valence-electron chi connectivity index (χ4n) is 5.68. The standard InChI is InChI=1S/C34H21N3S/c1-38-30-17-15-23(28-16-14-22-13-12-21-6-4-19-36-33(21)34(22)37-28)20-27(30)32-26(8-3-11-31(32)38)24-7-2-10-29-25(24)9-5-18-35-29/h2-20H,1H2. The minimum Gasteiger partial charge on any atom is -0.256 e. The fraction of sp³-hybridized carbons (Fsp3) is 0. The van der Waals surface area contributed by atoms with Gasteiger partial charge in [-0.05, 0) is 59.2 Å². The summed E-state index contributed by atoms with van der Waals surface area (Å²) in [5.41, 5.74) is 9.85. The molecule has 0 N–H and O–H groups in total. The molecule has 38 heavy (non-hydrogen) atoms. The average molecular weight is 504 g/mol. The van der Waals surface area contributed by atoms with Crippen LogP contribution in [-0.4, -0.2) is 20.8 Å². The summed E-state index contributed by atoms with van der Waals surface area (Å²) >= 11 is 0. The Morgan fingerprint density at radius 3 is 2.32 bits per heavy atom. The number of aromatic nitrogens is 3. The van der Waals surface area contributed by atoms with Crippen LogP contribution in [0.15, 0.2) is 125 Å². The second kappa shape index (κ2) is 8.17. The van der Waals surface area contributed by atoms with E-state index in [1.807, 2.05) is 24.5 Å². The zero-order valence-electron chi connectivity index (χ0n) is 20.4. The lowest BCUT2D eigenvalue weighted by Gasteiger charge is -2.13. The van der Waals surface area contributed by atoms with Gasteiger partial charge in [0.15, 0.2) is 0 Å². The molecule has 3 aromatic heterocycles. The van der Waals surface area contributed by atoms with Crippen LogP contribution in [0.5, 0.6) is 0 Å². The van der Waals surface area contributed by atoms with Crippen molar-refractivity contribution in [1.82, 2.24) is 15.0 Å². The van der Waals surface area contributed by atoms with Gasteiger partial charge >= 0.3 is 0 Å². The van der Waals surface area contributed by atoms with Gasteiger partial charge in [-0.25, -0.2) is 4.98 Å². The van der Waals surface area contributed by atoms with Gasteiger partial charge in [-0.3, -0.25) is 9.97 Å². The van der Waals surface area contributed by atoms with Crippen molar-refractivity contribution in [2.75, 3.05) is 0 Å². The second-order valence-corrected chi connectivity index (χ2v) is 11.2. The predicted molar refractivity (Wildman–Crippen MR) is 160 cm³/mol. The highest BCUT2D eigenvalue weighted by Gasteiger charge is 2.26. The van der Waals surface area contributed by atoms with E-state index in [-0.39, 0.29) is 10.5 Å². The maximum Gasteiger partial charge on any atom is 0.0972 e. The lowest BCUT2D eigenvalue weighted by atomic mass is 9.91. The van der Waals surface area contributed by atoms with Gasteiger partial charge in [-0.1, -0.05) is 66.5 Å². The smallest absolute Gasteiger partial charge is 0.0972 e. The van der Waals surface area contributed by atoms with E-state index in [4.69, 9.17) is 4.98 Å². The van der Waals surface area contributed by atoms with Gasteiger partial charge in [0.1, 0.15) is 0 Å². The SMILES string of the molecule is C=S1c2ccc(-c3ccc4ccc5cccnc5c4n3)cc2-c2c(-c3cccc4ncccc34)cccc21. The van der Waals surface area contributed by atoms with Crippen molar-refractivity contribution in [3.63, 3.8) is 0 Å². The maximum atomic E-state index is 5.11. The van der Waals surface area contributed by atoms with E-state index in [2.05, 4.69) is 107 Å². The van der Waals surface area contributed by atoms with Crippen LogP contribution >= 0.6 is 10.5 Å². The van der Waals surface area contributed by atoms with Crippen LogP contribution < -0.4 is 0 Å². The van der Waals surface area contributed by atoms with Gasteiger partial charge in [-0.2, -0.15) is 0 Å². The Bertz CT molecular complexity index is 2110. The molecule has 0 bridgehead atoms. The molecule has 1 aliphatic rings. The molecule has 0 spiro atoms. The molecular weight excluding hydrogens is 482 g/mol. The summed E-state index contributed by atoms with van der Waals surface area (Å²) in [5.74, 6) is 4.59. The number of hydrogen-bond donors (Lipinski definition) is 0. The lowest BCUT2D eigenvalue weighted by molar-refractivity contribution is 1.36. The third kappa shape index (κ3) is 3.11. The molecular formula is C34H21N3S. The van der Waals surface area contributed by atoms with Crippen LogP contribution in [0.1, 0.15) is 0 Å². The van der Waals surface area contributed by atoms with Gasteiger partial charge < -0.3 is 0 Å². The summed E-state index contributed by atoms with van der Waals surface area (Å²) in [6, 6.07) is 36.4. The Morgan fingerprint density at radius 1 is 0.579 bits per heavy atom. The van der Waals surface area contributed by atoms with Gasteiger partial charge in [0.05, 0.1) is 22.2 Å². The first-order chi connectivity index (χ1) is 18.8. The van der Waals surface area contributed by atoms with Crippen molar-refractivity contribution in [3.8, 4) is 33.5 Å². The maximum absolute atomic E-state index is 5.11. The topological polar surface area (TPSA) is 38.7 Å². The van der Waals surface area contributed by atoms with Crippen molar-refractivity contribution in [3.05, 3.63) is 116 Å². The van der Waals surface area contributed by atoms with E-state index in [0.29, 0.717) is 0 Å². The monoisotopic (exact) mass is 503 g/mol. The van der Waals surface area contributed by atoms with Crippen molar-refractivity contribution in [2.24, 2.45) is 0 Å². The van der Waals surface area contributed by atoms with E-state index >= 15 is 0 Å². The van der Waals surface area contributed by atoms with Gasteiger partial charge in [0.2, 0.25) is 0 Å². The van der Waals surface area contributed by atoms with E-state index in [1.54, 1.807) is 0 Å². The second-order valence-electron chi connectivity index (χ2n) is 9.56. The molecule has 0 fully saturated rings. The quantitative estimate of drug-likeness (QED) is 0.175. The van der Waals surface area contributed by atoms with Crippen molar-refractivity contribution in [2.45, 2.75) is 9.79 Å². The van der Waals surface area contributed by atoms with E-state index < -0.39 is 0 Å². The van der Waals surface area contributed by atoms with Gasteiger partial charge in [-0.15, -0.1) is 10.5 Å². The third-order valence-corrected chi connectivity index (χ3v) is 9.23. The molecule has 0 saturated heterocycles. The zero-order chi connectivity index (χ0) is 25.2. The number of pyridine rings is 3. The Labute approximate surface area is 222 Å². The van der Waals surface area contributed by atoms with Gasteiger partial charge in [0, 0.05) is 49.5 Å². The first-order valence-corrected chi connectivity index (χ1v) is 14.0. The Morgan fingerprint density at radius 2 is 1.37 bits per heavy atom. The van der Waals surface area contributed by atoms with Crippen molar-refractivity contribution >= 4 is 49.1 Å². The normalized spacial score (nSPS) is 14.2. The summed E-state index contributed by atoms with van der Waals surface area (Å²) < 4.78 is 0. The van der Waals surface area contributed by atoms with Crippen LogP contribution in [0.2, 0.25) is 0 Å². The molecule has 8 rings (SSSR count). The average Bonchev–Trinajstić information content (AvgIpc) is 3.28. The van der Waals surface area contributed by atoms with E-state index in [1.165, 1.54) is 32.0 Å². The largest absolute Gasteiger partial charge is 0.256 e. The molecule has 7 aromatic rings. The molecule has 0 radical (unpaired) electrons. The Balaban J connectivity index is 1.35. The lowest BCUT2D eigenvalue weighted by Crippen LogP contribution is -1.90. The van der Waals surface area contributed by atoms with Crippen LogP contribution in [-0.2, 0) is 0 Å². The molecule has 1 aliphatic heterocycles. The Hall–Kier alpha value is -4.67. The summed E-state index contributed by atoms with van der Waals surface area (Å²) in [7, 11) is -0.242. The van der Waals surface area contributed by atoms with Crippen LogP contribution in [0, 0.1) is 0 Å². The summed E-state index contributed by atoms with van der Waals surface area (Å²) in [6.07, 6.45) is 3.69. The number of nitrogens with zero attached hydrogens (tertiary/aromatic N) is 3. The molecule has 4 heteroatoms. The third-order valence-electron chi connectivity index (χ3n) is 7.47. The minimum absolute atomic E-state index is 0.242. The summed E-state index contributed by atoms with van der Waals surface area (Å²) in [5, 5.41) is 3.35. The molecule has 178 valence electrons. The predicted octanol–water partition coefficient (Wildman–Crippen LogP) is 8.76. The first kappa shape index (κ1) is 21.4. The molecule has 1 unspecified atom stereocenters. The van der Waals surface area contributed by atoms with Crippen molar-refractivity contribution < 1.29 is 0 Å². The molecule has 3 nitrogen and oxygen atoms in total. The van der Waals surface area contributed by atoms with Gasteiger partial charge in [0.25, 0.3) is 0 Å². The molecule has 0 aliphatic carbocycles. The van der Waals surface area contributed by atoms with Crippen LogP contribution in [0.4, 0.5) is 0 Å². The molecule has 0 saturated carbocycles. The number of benzene rings is 4. The fourth-order valence-corrected chi connectivity index (χ4v) is 7.28. The number of fused-ring (bicyclic) bond motifs is 7. The number of hydrogen-bond acceptors (Lipinski definition) is 3. The Kier molecular flexibility index (Phi) is 4.60. The van der Waals surface area contributed by atoms with Crippen LogP contribution in [0.25, 0.3) is 66.2 Å². The minimum atomic E-state index is -0.242. The molecule has 4 aromatic carbocycles. The molecule has 1 atom stereocenters. The first-order valence-electron chi connectivity index (χ1n) is 12.6. The zero-order valence-corrected chi connectivity index (χ0v) is 21.2. The highest BCUT2D eigenvalue weighted by Crippen LogP contribution is 2.55. The summed E-state index contributed by atoms with van der Waals surface area (Å²) in [4.78, 5) is 16.9. The van der Waals surface area contributed by atoms with Crippen molar-refractivity contribution in [1.29, 1.82) is 0 Å². The highest BCUT2D eigenvalue weighted by atomic mass is 32.2. The molecule has 4 heterocycles. The van der Waals surface area contributed by atoms with Crippen LogP contribution in [0.3, 0.4) is 0 Å². The summed E-state index contributed by atoms with van der Waals surface area (Å²) in [6.45, 7) is 0.